The fraction of sp³-hybridized carbons (Fsp3) is 0.600. The number of nitrogens with one attached hydrogen (secondary N) is 1. The van der Waals surface area contributed by atoms with Gasteiger partial charge < -0.3 is 16.2 Å². The van der Waals surface area contributed by atoms with Crippen LogP contribution in [0.3, 0.4) is 0 Å². The standard InChI is InChI=1S/C15H26N2O/c1-12(7-6-10-18)17-15(11-16)13(2)14-8-4-3-5-9-14/h3-5,8-9,12-13,15,17-18H,6-7,10-11,16H2,1-2H3. The van der Waals surface area contributed by atoms with Crippen LogP contribution in [0.4, 0.5) is 0 Å². The molecule has 0 fully saturated rings. The first-order valence-corrected chi connectivity index (χ1v) is 6.81. The van der Waals surface area contributed by atoms with Gasteiger partial charge in [-0.1, -0.05) is 37.3 Å². The van der Waals surface area contributed by atoms with Crippen LogP contribution in [-0.2, 0) is 0 Å². The van der Waals surface area contributed by atoms with Crippen LogP contribution in [0.15, 0.2) is 30.3 Å². The summed E-state index contributed by atoms with van der Waals surface area (Å²) in [5.74, 6) is 0.396. The summed E-state index contributed by atoms with van der Waals surface area (Å²) in [6.07, 6.45) is 1.82. The number of benzene rings is 1. The quantitative estimate of drug-likeness (QED) is 0.660. The highest BCUT2D eigenvalue weighted by atomic mass is 16.2. The topological polar surface area (TPSA) is 58.3 Å². The molecule has 0 saturated carbocycles. The second kappa shape index (κ2) is 8.25. The van der Waals surface area contributed by atoms with Crippen molar-refractivity contribution in [3.63, 3.8) is 0 Å². The van der Waals surface area contributed by atoms with E-state index in [1.54, 1.807) is 0 Å². The maximum atomic E-state index is 8.84. The zero-order valence-corrected chi connectivity index (χ0v) is 11.5. The second-order valence-corrected chi connectivity index (χ2v) is 4.98. The Balaban J connectivity index is 2.55. The summed E-state index contributed by atoms with van der Waals surface area (Å²) in [5.41, 5.74) is 7.19. The largest absolute Gasteiger partial charge is 0.396 e. The summed E-state index contributed by atoms with van der Waals surface area (Å²) in [6.45, 7) is 5.24. The smallest absolute Gasteiger partial charge is 0.0431 e. The van der Waals surface area contributed by atoms with Crippen LogP contribution in [0.25, 0.3) is 0 Å². The van der Waals surface area contributed by atoms with E-state index in [0.717, 1.165) is 12.8 Å². The van der Waals surface area contributed by atoms with Gasteiger partial charge in [0, 0.05) is 25.2 Å². The third-order valence-electron chi connectivity index (χ3n) is 3.48. The van der Waals surface area contributed by atoms with Crippen LogP contribution in [-0.4, -0.2) is 30.3 Å². The Morgan fingerprint density at radius 1 is 1.22 bits per heavy atom. The molecule has 0 aliphatic carbocycles. The Bertz CT molecular complexity index is 316. The first kappa shape index (κ1) is 15.2. The molecule has 0 radical (unpaired) electrons. The highest BCUT2D eigenvalue weighted by Gasteiger charge is 2.18. The summed E-state index contributed by atoms with van der Waals surface area (Å²) < 4.78 is 0. The number of hydrogen-bond donors (Lipinski definition) is 3. The fourth-order valence-corrected chi connectivity index (χ4v) is 2.25. The molecule has 4 N–H and O–H groups in total. The lowest BCUT2D eigenvalue weighted by Crippen LogP contribution is -2.44. The summed E-state index contributed by atoms with van der Waals surface area (Å²) in [7, 11) is 0. The molecule has 18 heavy (non-hydrogen) atoms. The molecule has 0 amide bonds. The third kappa shape index (κ3) is 4.77. The predicted molar refractivity (Wildman–Crippen MR) is 76.6 cm³/mol. The highest BCUT2D eigenvalue weighted by molar-refractivity contribution is 5.20. The van der Waals surface area contributed by atoms with Crippen molar-refractivity contribution < 1.29 is 5.11 Å². The van der Waals surface area contributed by atoms with E-state index in [1.165, 1.54) is 5.56 Å². The van der Waals surface area contributed by atoms with Gasteiger partial charge in [0.1, 0.15) is 0 Å². The number of aliphatic hydroxyl groups is 1. The van der Waals surface area contributed by atoms with Gasteiger partial charge in [0.05, 0.1) is 0 Å². The molecule has 3 heteroatoms. The SMILES string of the molecule is CC(CCCO)NC(CN)C(C)c1ccccc1. The molecule has 102 valence electrons. The Kier molecular flexibility index (Phi) is 6.94. The molecule has 0 aromatic heterocycles. The molecular weight excluding hydrogens is 224 g/mol. The van der Waals surface area contributed by atoms with Gasteiger partial charge in [-0.15, -0.1) is 0 Å². The summed E-state index contributed by atoms with van der Waals surface area (Å²) >= 11 is 0. The van der Waals surface area contributed by atoms with Gasteiger partial charge in [-0.25, -0.2) is 0 Å². The van der Waals surface area contributed by atoms with Crippen LogP contribution >= 0.6 is 0 Å². The molecule has 0 saturated heterocycles. The van der Waals surface area contributed by atoms with Gasteiger partial charge >= 0.3 is 0 Å². The molecule has 0 aliphatic heterocycles. The first-order valence-electron chi connectivity index (χ1n) is 6.81. The van der Waals surface area contributed by atoms with E-state index in [9.17, 15) is 0 Å². The van der Waals surface area contributed by atoms with Crippen molar-refractivity contribution in [2.45, 2.75) is 44.7 Å². The van der Waals surface area contributed by atoms with E-state index in [1.807, 2.05) is 6.07 Å². The van der Waals surface area contributed by atoms with Crippen LogP contribution in [0.5, 0.6) is 0 Å². The van der Waals surface area contributed by atoms with Gasteiger partial charge in [-0.3, -0.25) is 0 Å². The van der Waals surface area contributed by atoms with Crippen molar-refractivity contribution in [3.8, 4) is 0 Å². The zero-order chi connectivity index (χ0) is 13.4. The average molecular weight is 250 g/mol. The maximum absolute atomic E-state index is 8.84. The van der Waals surface area contributed by atoms with Gasteiger partial charge in [-0.05, 0) is 31.2 Å². The van der Waals surface area contributed by atoms with Crippen LogP contribution in [0, 0.1) is 0 Å². The Labute approximate surface area is 110 Å². The molecule has 0 bridgehead atoms. The van der Waals surface area contributed by atoms with E-state index in [-0.39, 0.29) is 12.6 Å². The molecule has 1 rings (SSSR count). The molecule has 3 atom stereocenters. The van der Waals surface area contributed by atoms with Crippen molar-refractivity contribution in [2.24, 2.45) is 5.73 Å². The summed E-state index contributed by atoms with van der Waals surface area (Å²) in [4.78, 5) is 0. The number of hydrogen-bond acceptors (Lipinski definition) is 3. The fourth-order valence-electron chi connectivity index (χ4n) is 2.25. The van der Waals surface area contributed by atoms with Crippen LogP contribution in [0.2, 0.25) is 0 Å². The van der Waals surface area contributed by atoms with E-state index < -0.39 is 0 Å². The van der Waals surface area contributed by atoms with Crippen molar-refractivity contribution in [2.75, 3.05) is 13.2 Å². The van der Waals surface area contributed by atoms with Gasteiger partial charge in [0.15, 0.2) is 0 Å². The molecule has 0 aliphatic rings. The number of aliphatic hydroxyl groups excluding tert-OH is 1. The molecule has 0 heterocycles. The molecule has 0 spiro atoms. The lowest BCUT2D eigenvalue weighted by Gasteiger charge is -2.27. The minimum Gasteiger partial charge on any atom is -0.396 e. The normalized spacial score (nSPS) is 16.2. The molecular formula is C15H26N2O. The van der Waals surface area contributed by atoms with E-state index in [0.29, 0.717) is 18.5 Å². The van der Waals surface area contributed by atoms with Gasteiger partial charge in [-0.2, -0.15) is 0 Å². The lowest BCUT2D eigenvalue weighted by atomic mass is 9.92. The monoisotopic (exact) mass is 250 g/mol. The third-order valence-corrected chi connectivity index (χ3v) is 3.48. The molecule has 3 nitrogen and oxygen atoms in total. The van der Waals surface area contributed by atoms with Crippen molar-refractivity contribution >= 4 is 0 Å². The molecule has 3 unspecified atom stereocenters. The maximum Gasteiger partial charge on any atom is 0.0431 e. The number of nitrogens with two attached hydrogens (primary N) is 1. The first-order chi connectivity index (χ1) is 8.69. The van der Waals surface area contributed by atoms with Crippen molar-refractivity contribution in [1.82, 2.24) is 5.32 Å². The average Bonchev–Trinajstić information content (AvgIpc) is 2.42. The Morgan fingerprint density at radius 3 is 2.44 bits per heavy atom. The van der Waals surface area contributed by atoms with Gasteiger partial charge in [0.25, 0.3) is 0 Å². The van der Waals surface area contributed by atoms with Crippen molar-refractivity contribution in [1.29, 1.82) is 0 Å². The second-order valence-electron chi connectivity index (χ2n) is 4.98. The van der Waals surface area contributed by atoms with Crippen LogP contribution < -0.4 is 11.1 Å². The highest BCUT2D eigenvalue weighted by Crippen LogP contribution is 2.19. The van der Waals surface area contributed by atoms with Gasteiger partial charge in [0.2, 0.25) is 0 Å². The molecule has 1 aromatic carbocycles. The van der Waals surface area contributed by atoms with Crippen LogP contribution in [0.1, 0.15) is 38.2 Å². The van der Waals surface area contributed by atoms with E-state index in [2.05, 4.69) is 43.4 Å². The minimum atomic E-state index is 0.257. The minimum absolute atomic E-state index is 0.257. The Morgan fingerprint density at radius 2 is 1.89 bits per heavy atom. The Hall–Kier alpha value is -0.900. The molecule has 1 aromatic rings. The lowest BCUT2D eigenvalue weighted by molar-refractivity contribution is 0.272. The number of rotatable bonds is 8. The van der Waals surface area contributed by atoms with Crippen molar-refractivity contribution in [3.05, 3.63) is 35.9 Å². The zero-order valence-electron chi connectivity index (χ0n) is 11.5. The summed E-state index contributed by atoms with van der Waals surface area (Å²) in [6, 6.07) is 11.1. The predicted octanol–water partition coefficient (Wildman–Crippen LogP) is 1.87. The summed E-state index contributed by atoms with van der Waals surface area (Å²) in [5, 5.41) is 12.4. The van der Waals surface area contributed by atoms with E-state index in [4.69, 9.17) is 10.8 Å². The van der Waals surface area contributed by atoms with E-state index >= 15 is 0 Å².